The van der Waals surface area contributed by atoms with Crippen LogP contribution in [0.5, 0.6) is 0 Å². The highest BCUT2D eigenvalue weighted by molar-refractivity contribution is 5.85. The monoisotopic (exact) mass is 368 g/mol. The molecule has 0 aliphatic carbocycles. The number of methoxy groups -OCH3 is 1. The molecule has 138 valence electrons. The first-order valence-corrected chi connectivity index (χ1v) is 7.84. The second kappa shape index (κ2) is 9.50. The second-order valence-corrected chi connectivity index (χ2v) is 5.84. The summed E-state index contributed by atoms with van der Waals surface area (Å²) in [5.74, 6) is 0.385. The van der Waals surface area contributed by atoms with Crippen LogP contribution in [0.15, 0.2) is 34.9 Å². The third-order valence-electron chi connectivity index (χ3n) is 4.06. The van der Waals surface area contributed by atoms with Gasteiger partial charge in [-0.25, -0.2) is 0 Å². The molecule has 25 heavy (non-hydrogen) atoms. The molecule has 0 fully saturated rings. The molecule has 2 aromatic rings. The van der Waals surface area contributed by atoms with Gasteiger partial charge in [0.15, 0.2) is 5.82 Å². The zero-order chi connectivity index (χ0) is 17.7. The maximum Gasteiger partial charge on any atom is 0.246 e. The van der Waals surface area contributed by atoms with Crippen molar-refractivity contribution < 1.29 is 14.1 Å². The first-order chi connectivity index (χ1) is 11.4. The fraction of sp³-hybridized carbons (Fsp3) is 0.471. The molecule has 0 aliphatic rings. The van der Waals surface area contributed by atoms with E-state index >= 15 is 0 Å². The smallest absolute Gasteiger partial charge is 0.246 e. The topological polar surface area (TPSA) is 94.5 Å². The Morgan fingerprint density at radius 1 is 1.32 bits per heavy atom. The molecule has 8 heteroatoms. The number of nitrogens with two attached hydrogens (primary N) is 1. The molecule has 0 bridgehead atoms. The molecule has 1 heterocycles. The molecular weight excluding hydrogens is 344 g/mol. The van der Waals surface area contributed by atoms with Gasteiger partial charge in [0.25, 0.3) is 0 Å². The van der Waals surface area contributed by atoms with Crippen LogP contribution in [0.3, 0.4) is 0 Å². The number of nitrogens with zero attached hydrogens (tertiary/aromatic N) is 3. The van der Waals surface area contributed by atoms with Crippen LogP contribution in [0, 0.1) is 5.92 Å². The second-order valence-electron chi connectivity index (χ2n) is 5.84. The predicted octanol–water partition coefficient (Wildman–Crippen LogP) is 2.49. The Kier molecular flexibility index (Phi) is 8.02. The lowest BCUT2D eigenvalue weighted by Crippen LogP contribution is -2.36. The summed E-state index contributed by atoms with van der Waals surface area (Å²) >= 11 is 0. The van der Waals surface area contributed by atoms with Crippen molar-refractivity contribution in [3.05, 3.63) is 47.6 Å². The largest absolute Gasteiger partial charge is 0.374 e. The molecule has 0 saturated heterocycles. The number of hydrogen-bond donors (Lipinski definition) is 1. The van der Waals surface area contributed by atoms with Crippen LogP contribution in [0.25, 0.3) is 0 Å². The van der Waals surface area contributed by atoms with Gasteiger partial charge in [-0.15, -0.1) is 12.4 Å². The molecule has 0 aliphatic heterocycles. The summed E-state index contributed by atoms with van der Waals surface area (Å²) in [6, 6.07) is 9.21. The lowest BCUT2D eigenvalue weighted by Gasteiger charge is -2.24. The minimum absolute atomic E-state index is 0. The van der Waals surface area contributed by atoms with Gasteiger partial charge in [0, 0.05) is 20.2 Å². The van der Waals surface area contributed by atoms with Crippen molar-refractivity contribution in [1.82, 2.24) is 15.0 Å². The van der Waals surface area contributed by atoms with Crippen molar-refractivity contribution in [2.24, 2.45) is 11.7 Å². The van der Waals surface area contributed by atoms with Gasteiger partial charge in [-0.05, 0) is 12.5 Å². The number of rotatable bonds is 7. The van der Waals surface area contributed by atoms with Crippen LogP contribution in [-0.4, -0.2) is 35.1 Å². The van der Waals surface area contributed by atoms with Gasteiger partial charge in [0.2, 0.25) is 11.8 Å². The minimum Gasteiger partial charge on any atom is -0.374 e. The van der Waals surface area contributed by atoms with Crippen molar-refractivity contribution in [2.75, 3.05) is 14.2 Å². The molecule has 1 aromatic heterocycles. The van der Waals surface area contributed by atoms with E-state index in [4.69, 9.17) is 15.0 Å². The summed E-state index contributed by atoms with van der Waals surface area (Å²) in [6.45, 7) is 3.88. The number of amides is 1. The highest BCUT2D eigenvalue weighted by atomic mass is 35.5. The summed E-state index contributed by atoms with van der Waals surface area (Å²) < 4.78 is 10.3. The highest BCUT2D eigenvalue weighted by Gasteiger charge is 2.26. The molecular formula is C17H25ClN4O3. The van der Waals surface area contributed by atoms with E-state index in [-0.39, 0.29) is 42.9 Å². The van der Waals surface area contributed by atoms with Crippen molar-refractivity contribution in [2.45, 2.75) is 32.5 Å². The summed E-state index contributed by atoms with van der Waals surface area (Å²) in [5.41, 5.74) is 7.15. The van der Waals surface area contributed by atoms with Crippen LogP contribution in [0.1, 0.15) is 43.3 Å². The fourth-order valence-electron chi connectivity index (χ4n) is 2.35. The Hall–Kier alpha value is -1.96. The number of carbonyl (C=O) groups excluding carboxylic acids is 1. The van der Waals surface area contributed by atoms with Gasteiger partial charge < -0.3 is 19.9 Å². The fourth-order valence-corrected chi connectivity index (χ4v) is 2.35. The molecule has 1 aromatic carbocycles. The van der Waals surface area contributed by atoms with Gasteiger partial charge in [-0.2, -0.15) is 4.98 Å². The van der Waals surface area contributed by atoms with E-state index in [9.17, 15) is 4.79 Å². The molecule has 0 radical (unpaired) electrons. The Balaban J connectivity index is 0.00000312. The van der Waals surface area contributed by atoms with Crippen molar-refractivity contribution in [3.63, 3.8) is 0 Å². The van der Waals surface area contributed by atoms with E-state index in [0.717, 1.165) is 5.56 Å². The Morgan fingerprint density at radius 3 is 2.56 bits per heavy atom. The van der Waals surface area contributed by atoms with Crippen LogP contribution in [0.4, 0.5) is 0 Å². The minimum atomic E-state index is -0.368. The molecule has 3 unspecified atom stereocenters. The zero-order valence-electron chi connectivity index (χ0n) is 14.9. The third-order valence-corrected chi connectivity index (χ3v) is 4.06. The van der Waals surface area contributed by atoms with Gasteiger partial charge in [-0.1, -0.05) is 42.4 Å². The maximum atomic E-state index is 12.6. The first-order valence-electron chi connectivity index (χ1n) is 7.84. The van der Waals surface area contributed by atoms with Crippen molar-refractivity contribution in [1.29, 1.82) is 0 Å². The number of benzene rings is 1. The van der Waals surface area contributed by atoms with E-state index in [1.807, 2.05) is 44.2 Å². The summed E-state index contributed by atoms with van der Waals surface area (Å²) in [6.07, 6.45) is -0.256. The van der Waals surface area contributed by atoms with Crippen molar-refractivity contribution >= 4 is 18.3 Å². The quantitative estimate of drug-likeness (QED) is 0.806. The standard InChI is InChI=1S/C17H24N4O3.ClH/c1-11(15(18)13-8-6-5-7-9-13)17(22)21(3)10-14-19-16(20-24-14)12(2)23-4;/h5-9,11-12,15H,10,18H2,1-4H3;1H. The first kappa shape index (κ1) is 21.1. The molecule has 2 N–H and O–H groups in total. The number of hydrogen-bond acceptors (Lipinski definition) is 6. The highest BCUT2D eigenvalue weighted by Crippen LogP contribution is 2.21. The third kappa shape index (κ3) is 5.26. The Morgan fingerprint density at radius 2 is 1.96 bits per heavy atom. The summed E-state index contributed by atoms with van der Waals surface area (Å²) in [7, 11) is 3.27. The molecule has 0 saturated carbocycles. The molecule has 0 spiro atoms. The Labute approximate surface area is 153 Å². The van der Waals surface area contributed by atoms with E-state index in [1.54, 1.807) is 19.1 Å². The number of halogens is 1. The summed E-state index contributed by atoms with van der Waals surface area (Å²) in [5, 5.41) is 3.85. The van der Waals surface area contributed by atoms with Crippen LogP contribution < -0.4 is 5.73 Å². The lowest BCUT2D eigenvalue weighted by molar-refractivity contribution is -0.135. The van der Waals surface area contributed by atoms with E-state index in [0.29, 0.717) is 11.7 Å². The van der Waals surface area contributed by atoms with Gasteiger partial charge in [0.1, 0.15) is 6.10 Å². The van der Waals surface area contributed by atoms with Crippen molar-refractivity contribution in [3.8, 4) is 0 Å². The number of ether oxygens (including phenoxy) is 1. The normalized spacial score (nSPS) is 14.3. The lowest BCUT2D eigenvalue weighted by atomic mass is 9.94. The SMILES string of the molecule is COC(C)c1noc(CN(C)C(=O)C(C)C(N)c2ccccc2)n1.Cl. The van der Waals surface area contributed by atoms with Crippen LogP contribution >= 0.6 is 12.4 Å². The summed E-state index contributed by atoms with van der Waals surface area (Å²) in [4.78, 5) is 18.4. The predicted molar refractivity (Wildman–Crippen MR) is 96.0 cm³/mol. The van der Waals surface area contributed by atoms with E-state index in [1.165, 1.54) is 0 Å². The molecule has 1 amide bonds. The molecule has 7 nitrogen and oxygen atoms in total. The van der Waals surface area contributed by atoms with Crippen LogP contribution in [-0.2, 0) is 16.1 Å². The number of carbonyl (C=O) groups is 1. The van der Waals surface area contributed by atoms with E-state index in [2.05, 4.69) is 10.1 Å². The zero-order valence-corrected chi connectivity index (χ0v) is 15.7. The van der Waals surface area contributed by atoms with Gasteiger partial charge >= 0.3 is 0 Å². The average Bonchev–Trinajstić information content (AvgIpc) is 3.08. The maximum absolute atomic E-state index is 12.6. The van der Waals surface area contributed by atoms with Gasteiger partial charge in [-0.3, -0.25) is 4.79 Å². The Bertz CT molecular complexity index is 665. The van der Waals surface area contributed by atoms with Crippen LogP contribution in [0.2, 0.25) is 0 Å². The molecule has 2 rings (SSSR count). The molecule has 3 atom stereocenters. The average molecular weight is 369 g/mol. The number of aromatic nitrogens is 2. The van der Waals surface area contributed by atoms with Gasteiger partial charge in [0.05, 0.1) is 12.5 Å². The van der Waals surface area contributed by atoms with E-state index < -0.39 is 0 Å².